The summed E-state index contributed by atoms with van der Waals surface area (Å²) in [7, 11) is -11.7. The molecular formula is C28H72N2OSi8. The highest BCUT2D eigenvalue weighted by atomic mass is 28.5. The van der Waals surface area contributed by atoms with Crippen molar-refractivity contribution in [1.29, 1.82) is 0 Å². The largest absolute Gasteiger partial charge is 0.456 e. The lowest BCUT2D eigenvalue weighted by molar-refractivity contribution is 0.540. The van der Waals surface area contributed by atoms with Crippen molar-refractivity contribution in [2.24, 2.45) is 0 Å². The lowest BCUT2D eigenvalue weighted by Gasteiger charge is -2.51. The van der Waals surface area contributed by atoms with Crippen molar-refractivity contribution < 1.29 is 4.12 Å². The van der Waals surface area contributed by atoms with E-state index in [-0.39, 0.29) is 0 Å². The summed E-state index contributed by atoms with van der Waals surface area (Å²) >= 11 is 0. The summed E-state index contributed by atoms with van der Waals surface area (Å²) in [6, 6.07) is 5.78. The van der Waals surface area contributed by atoms with E-state index in [4.69, 9.17) is 4.12 Å². The molecule has 4 atom stereocenters. The first-order chi connectivity index (χ1) is 17.0. The molecule has 2 heterocycles. The first kappa shape index (κ1) is 36.8. The van der Waals surface area contributed by atoms with Gasteiger partial charge >= 0.3 is 0 Å². The zero-order valence-corrected chi connectivity index (χ0v) is 38.4. The summed E-state index contributed by atoms with van der Waals surface area (Å²) < 4.78 is 14.1. The van der Waals surface area contributed by atoms with E-state index < -0.39 is 66.0 Å². The summed E-state index contributed by atoms with van der Waals surface area (Å²) in [5.74, 6) is 0. The molecule has 2 aliphatic rings. The zero-order chi connectivity index (χ0) is 31.0. The number of rotatable bonds is 14. The molecule has 0 aromatic heterocycles. The van der Waals surface area contributed by atoms with Gasteiger partial charge in [-0.2, -0.15) is 0 Å². The van der Waals surface area contributed by atoms with Crippen LogP contribution in [0.5, 0.6) is 0 Å². The fourth-order valence-electron chi connectivity index (χ4n) is 9.99. The second kappa shape index (κ2) is 11.2. The Balaban J connectivity index is 2.21. The van der Waals surface area contributed by atoms with Crippen molar-refractivity contribution >= 4 is 66.0 Å². The standard InChI is InChI=1S/C28H72N2OSi8/c1-25-26(2)38(25,29(32(5,6)7)33(8,9)10)23-21-36(17,18)31-37(19,20)22-24-39(27(3)28(39)4)30(34(11,12)13)35(14,15)16/h25-28H,21-24H2,1-20H3. The molecule has 0 spiro atoms. The minimum Gasteiger partial charge on any atom is -0.456 e. The highest BCUT2D eigenvalue weighted by Crippen LogP contribution is 2.66. The molecule has 0 N–H and O–H groups in total. The third-order valence-corrected chi connectivity index (χ3v) is 56.9. The molecular weight excluding hydrogens is 605 g/mol. The molecule has 0 aliphatic carbocycles. The van der Waals surface area contributed by atoms with Gasteiger partial charge in [0.15, 0.2) is 16.6 Å². The molecule has 0 aromatic rings. The molecule has 39 heavy (non-hydrogen) atoms. The average molecular weight is 678 g/mol. The van der Waals surface area contributed by atoms with Crippen LogP contribution in [0.4, 0.5) is 0 Å². The number of nitrogens with zero attached hydrogens (tertiary/aromatic N) is 2. The summed E-state index contributed by atoms with van der Waals surface area (Å²) in [5, 5.41) is 0. The van der Waals surface area contributed by atoms with Crippen LogP contribution in [0.25, 0.3) is 0 Å². The van der Waals surface area contributed by atoms with Gasteiger partial charge in [-0.1, -0.05) is 106 Å². The molecule has 11 heteroatoms. The fourth-order valence-corrected chi connectivity index (χ4v) is 75.5. The Morgan fingerprint density at radius 2 is 0.641 bits per heavy atom. The average Bonchev–Trinajstić information content (AvgIpc) is 3.37. The summed E-state index contributed by atoms with van der Waals surface area (Å²) in [6.45, 7) is 52.4. The van der Waals surface area contributed by atoms with Crippen LogP contribution in [0.3, 0.4) is 0 Å². The van der Waals surface area contributed by atoms with Crippen LogP contribution < -0.4 is 0 Å². The lowest BCUT2D eigenvalue weighted by atomic mass is 10.4. The SMILES string of the molecule is CC1C(C)[Si]1(CC[Si](C)(C)O[Si](C)(C)CC[Si]1(N([Si](C)(C)C)[Si](C)(C)C)C(C)C1C)N([Si](C)(C)C)[Si](C)(C)C. The maximum atomic E-state index is 7.45. The summed E-state index contributed by atoms with van der Waals surface area (Å²) in [6.07, 6.45) is 0. The van der Waals surface area contributed by atoms with Crippen LogP contribution in [0.2, 0.25) is 151 Å². The van der Waals surface area contributed by atoms with Gasteiger partial charge in [-0.25, -0.2) is 0 Å². The van der Waals surface area contributed by atoms with E-state index in [1.165, 1.54) is 24.2 Å². The van der Waals surface area contributed by atoms with Gasteiger partial charge in [0.05, 0.1) is 0 Å². The van der Waals surface area contributed by atoms with Gasteiger partial charge in [-0.3, -0.25) is 0 Å². The Morgan fingerprint density at radius 3 is 0.795 bits per heavy atom. The molecule has 4 unspecified atom stereocenters. The Morgan fingerprint density at radius 1 is 0.436 bits per heavy atom. The van der Waals surface area contributed by atoms with Gasteiger partial charge in [-0.05, 0) is 72.5 Å². The maximum absolute atomic E-state index is 7.45. The van der Waals surface area contributed by atoms with E-state index in [0.29, 0.717) is 0 Å². The molecule has 2 saturated heterocycles. The van der Waals surface area contributed by atoms with E-state index in [2.05, 4.69) is 140 Å². The smallest absolute Gasteiger partial charge is 0.173 e. The number of hydrogen-bond acceptors (Lipinski definition) is 3. The highest BCUT2D eigenvalue weighted by Gasteiger charge is 2.69. The molecule has 0 saturated carbocycles. The Kier molecular flexibility index (Phi) is 10.6. The van der Waals surface area contributed by atoms with Crippen molar-refractivity contribution in [3.63, 3.8) is 0 Å². The van der Waals surface area contributed by atoms with Gasteiger partial charge in [0.2, 0.25) is 0 Å². The van der Waals surface area contributed by atoms with Gasteiger partial charge < -0.3 is 11.9 Å². The minimum atomic E-state index is -1.72. The van der Waals surface area contributed by atoms with Crippen LogP contribution in [0.15, 0.2) is 0 Å². The van der Waals surface area contributed by atoms with Gasteiger partial charge in [0, 0.05) is 0 Å². The topological polar surface area (TPSA) is 15.7 Å². The van der Waals surface area contributed by atoms with Crippen molar-refractivity contribution in [2.45, 2.75) is 179 Å². The van der Waals surface area contributed by atoms with E-state index in [1.807, 2.05) is 0 Å². The molecule has 0 amide bonds. The second-order valence-electron chi connectivity index (χ2n) is 19.1. The van der Waals surface area contributed by atoms with Crippen molar-refractivity contribution in [3.05, 3.63) is 0 Å². The first-order valence-corrected chi connectivity index (χ1v) is 40.9. The van der Waals surface area contributed by atoms with Crippen LogP contribution in [0, 0.1) is 0 Å². The highest BCUT2D eigenvalue weighted by molar-refractivity contribution is 7.11. The Labute approximate surface area is 255 Å². The first-order valence-electron chi connectivity index (χ1n) is 16.3. The lowest BCUT2D eigenvalue weighted by Crippen LogP contribution is -2.68. The third kappa shape index (κ3) is 7.65. The fraction of sp³-hybridized carbons (Fsp3) is 1.00. The van der Waals surface area contributed by atoms with Crippen molar-refractivity contribution in [3.8, 4) is 0 Å². The predicted octanol–water partition coefficient (Wildman–Crippen LogP) is 10.8. The van der Waals surface area contributed by atoms with Gasteiger partial charge in [0.25, 0.3) is 0 Å². The van der Waals surface area contributed by atoms with Crippen LogP contribution >= 0.6 is 0 Å². The molecule has 3 nitrogen and oxygen atoms in total. The molecule has 232 valence electrons. The number of hydrogen-bond donors (Lipinski definition) is 0. The van der Waals surface area contributed by atoms with E-state index in [0.717, 1.165) is 22.2 Å². The monoisotopic (exact) mass is 676 g/mol. The van der Waals surface area contributed by atoms with Crippen molar-refractivity contribution in [2.75, 3.05) is 0 Å². The van der Waals surface area contributed by atoms with E-state index in [1.54, 1.807) is 0 Å². The quantitative estimate of drug-likeness (QED) is 0.170. The summed E-state index contributed by atoms with van der Waals surface area (Å²) in [4.78, 5) is 0. The molecule has 0 bridgehead atoms. The molecule has 2 fully saturated rings. The van der Waals surface area contributed by atoms with Crippen LogP contribution in [-0.2, 0) is 4.12 Å². The van der Waals surface area contributed by atoms with Gasteiger partial charge in [0.1, 0.15) is 49.4 Å². The molecule has 0 aromatic carbocycles. The van der Waals surface area contributed by atoms with E-state index >= 15 is 0 Å². The zero-order valence-electron chi connectivity index (χ0n) is 30.4. The third-order valence-electron chi connectivity index (χ3n) is 10.8. The molecule has 2 aliphatic heterocycles. The minimum absolute atomic E-state index is 0.962. The Bertz CT molecular complexity index is 755. The van der Waals surface area contributed by atoms with Crippen LogP contribution in [0.1, 0.15) is 27.7 Å². The molecule has 2 rings (SSSR count). The normalized spacial score (nSPS) is 32.8. The maximum Gasteiger partial charge on any atom is 0.173 e. The second-order valence-corrected chi connectivity index (χ2v) is 59.3. The predicted molar refractivity (Wildman–Crippen MR) is 202 cm³/mol. The summed E-state index contributed by atoms with van der Waals surface area (Å²) in [5.41, 5.74) is 3.85. The van der Waals surface area contributed by atoms with Crippen LogP contribution in [-0.4, -0.2) is 73.8 Å². The van der Waals surface area contributed by atoms with Gasteiger partial charge in [-0.15, -0.1) is 0 Å². The molecule has 0 radical (unpaired) electrons. The Hall–Kier alpha value is 1.62. The van der Waals surface area contributed by atoms with Crippen molar-refractivity contribution in [1.82, 2.24) is 7.79 Å². The van der Waals surface area contributed by atoms with E-state index in [9.17, 15) is 0 Å².